The molecule has 0 aliphatic rings. The second-order valence-corrected chi connectivity index (χ2v) is 6.13. The number of sulfone groups is 1. The minimum absolute atomic E-state index is 0.124. The van der Waals surface area contributed by atoms with Crippen molar-refractivity contribution in [2.75, 3.05) is 13.4 Å². The maximum Gasteiger partial charge on any atom is 0.309 e. The van der Waals surface area contributed by atoms with E-state index < -0.39 is 9.84 Å². The highest BCUT2D eigenvalue weighted by Crippen LogP contribution is 2.23. The zero-order valence-electron chi connectivity index (χ0n) is 8.86. The SMILES string of the molecule is COC(=O)Cc1ccc(S(C)(=O)=O)c(Br)c1. The molecular formula is C10H11BrO4S. The monoisotopic (exact) mass is 306 g/mol. The van der Waals surface area contributed by atoms with Crippen molar-refractivity contribution in [1.29, 1.82) is 0 Å². The van der Waals surface area contributed by atoms with Gasteiger partial charge in [-0.3, -0.25) is 4.79 Å². The molecule has 0 fully saturated rings. The summed E-state index contributed by atoms with van der Waals surface area (Å²) in [6, 6.07) is 4.67. The molecule has 0 N–H and O–H groups in total. The Morgan fingerprint density at radius 3 is 2.50 bits per heavy atom. The fourth-order valence-corrected chi connectivity index (χ4v) is 3.23. The smallest absolute Gasteiger partial charge is 0.309 e. The molecule has 0 bridgehead atoms. The van der Waals surface area contributed by atoms with Gasteiger partial charge in [-0.15, -0.1) is 0 Å². The number of benzene rings is 1. The molecular weight excluding hydrogens is 296 g/mol. The molecule has 0 atom stereocenters. The summed E-state index contributed by atoms with van der Waals surface area (Å²) in [5.41, 5.74) is 0.700. The number of methoxy groups -OCH3 is 1. The van der Waals surface area contributed by atoms with Gasteiger partial charge >= 0.3 is 5.97 Å². The lowest BCUT2D eigenvalue weighted by molar-refractivity contribution is -0.139. The number of rotatable bonds is 3. The van der Waals surface area contributed by atoms with Crippen LogP contribution in [-0.2, 0) is 25.8 Å². The Labute approximate surface area is 103 Å². The summed E-state index contributed by atoms with van der Waals surface area (Å²) in [5.74, 6) is -0.362. The normalized spacial score (nSPS) is 11.2. The van der Waals surface area contributed by atoms with Crippen molar-refractivity contribution in [3.63, 3.8) is 0 Å². The second-order valence-electron chi connectivity index (χ2n) is 3.29. The van der Waals surface area contributed by atoms with Crippen LogP contribution in [0.5, 0.6) is 0 Å². The Balaban J connectivity index is 3.05. The fourth-order valence-electron chi connectivity index (χ4n) is 1.19. The summed E-state index contributed by atoms with van der Waals surface area (Å²) < 4.78 is 27.6. The lowest BCUT2D eigenvalue weighted by Gasteiger charge is -2.05. The number of hydrogen-bond acceptors (Lipinski definition) is 4. The molecule has 0 spiro atoms. The quantitative estimate of drug-likeness (QED) is 0.795. The molecule has 0 aliphatic carbocycles. The number of ether oxygens (including phenoxy) is 1. The van der Waals surface area contributed by atoms with Crippen LogP contribution in [0.15, 0.2) is 27.6 Å². The van der Waals surface area contributed by atoms with Crippen molar-refractivity contribution >= 4 is 31.7 Å². The van der Waals surface area contributed by atoms with Gasteiger partial charge in [0.05, 0.1) is 18.4 Å². The third kappa shape index (κ3) is 3.31. The molecule has 0 amide bonds. The average molecular weight is 307 g/mol. The van der Waals surface area contributed by atoms with Crippen molar-refractivity contribution in [2.24, 2.45) is 0 Å². The predicted octanol–water partition coefficient (Wildman–Crippen LogP) is 1.57. The first-order chi connectivity index (χ1) is 7.34. The molecule has 0 aromatic heterocycles. The van der Waals surface area contributed by atoms with Crippen LogP contribution >= 0.6 is 15.9 Å². The summed E-state index contributed by atoms with van der Waals surface area (Å²) in [6.45, 7) is 0. The Kier molecular flexibility index (Phi) is 4.09. The van der Waals surface area contributed by atoms with E-state index in [9.17, 15) is 13.2 Å². The highest BCUT2D eigenvalue weighted by molar-refractivity contribution is 9.10. The van der Waals surface area contributed by atoms with Gasteiger partial charge in [-0.05, 0) is 33.6 Å². The van der Waals surface area contributed by atoms with Gasteiger partial charge in [-0.25, -0.2) is 8.42 Å². The van der Waals surface area contributed by atoms with E-state index in [4.69, 9.17) is 0 Å². The number of esters is 1. The molecule has 0 heterocycles. The predicted molar refractivity (Wildman–Crippen MR) is 63.0 cm³/mol. The molecule has 1 aromatic carbocycles. The van der Waals surface area contributed by atoms with Gasteiger partial charge in [-0.2, -0.15) is 0 Å². The average Bonchev–Trinajstić information content (AvgIpc) is 2.15. The third-order valence-corrected chi connectivity index (χ3v) is 4.05. The van der Waals surface area contributed by atoms with Crippen molar-refractivity contribution in [2.45, 2.75) is 11.3 Å². The van der Waals surface area contributed by atoms with E-state index in [0.29, 0.717) is 10.0 Å². The first-order valence-electron chi connectivity index (χ1n) is 4.40. The van der Waals surface area contributed by atoms with Crippen LogP contribution in [0.25, 0.3) is 0 Å². The third-order valence-electron chi connectivity index (χ3n) is 1.97. The van der Waals surface area contributed by atoms with Crippen molar-refractivity contribution in [1.82, 2.24) is 0 Å². The second kappa shape index (κ2) is 4.97. The summed E-state index contributed by atoms with van der Waals surface area (Å²) in [5, 5.41) is 0. The molecule has 1 aromatic rings. The van der Waals surface area contributed by atoms with Gasteiger partial charge in [0, 0.05) is 10.7 Å². The molecule has 1 rings (SSSR count). The van der Waals surface area contributed by atoms with Crippen LogP contribution in [0.4, 0.5) is 0 Å². The zero-order chi connectivity index (χ0) is 12.3. The molecule has 0 radical (unpaired) electrons. The standard InChI is InChI=1S/C10H11BrO4S/c1-15-10(12)6-7-3-4-9(8(11)5-7)16(2,13)14/h3-5H,6H2,1-2H3. The zero-order valence-corrected chi connectivity index (χ0v) is 11.3. The van der Waals surface area contributed by atoms with Crippen LogP contribution in [0.1, 0.15) is 5.56 Å². The summed E-state index contributed by atoms with van der Waals surface area (Å²) >= 11 is 3.16. The molecule has 0 saturated heterocycles. The van der Waals surface area contributed by atoms with Crippen LogP contribution in [0.3, 0.4) is 0 Å². The van der Waals surface area contributed by atoms with E-state index in [0.717, 1.165) is 6.26 Å². The molecule has 88 valence electrons. The fraction of sp³-hybridized carbons (Fsp3) is 0.300. The largest absolute Gasteiger partial charge is 0.469 e. The molecule has 0 aliphatic heterocycles. The van der Waals surface area contributed by atoms with Crippen LogP contribution in [0.2, 0.25) is 0 Å². The van der Waals surface area contributed by atoms with Gasteiger partial charge < -0.3 is 4.74 Å². The first-order valence-corrected chi connectivity index (χ1v) is 7.08. The summed E-state index contributed by atoms with van der Waals surface area (Å²) in [4.78, 5) is 11.2. The Morgan fingerprint density at radius 2 is 2.06 bits per heavy atom. The molecule has 0 unspecified atom stereocenters. The maximum atomic E-state index is 11.3. The Hall–Kier alpha value is -0.880. The van der Waals surface area contributed by atoms with Gasteiger partial charge in [0.1, 0.15) is 0 Å². The van der Waals surface area contributed by atoms with E-state index in [2.05, 4.69) is 20.7 Å². The van der Waals surface area contributed by atoms with Gasteiger partial charge in [0.15, 0.2) is 9.84 Å². The minimum Gasteiger partial charge on any atom is -0.469 e. The Bertz CT molecular complexity index is 508. The summed E-state index contributed by atoms with van der Waals surface area (Å²) in [7, 11) is -1.94. The van der Waals surface area contributed by atoms with Crippen molar-refractivity contribution in [3.8, 4) is 0 Å². The van der Waals surface area contributed by atoms with E-state index in [-0.39, 0.29) is 17.3 Å². The van der Waals surface area contributed by atoms with E-state index in [1.54, 1.807) is 12.1 Å². The van der Waals surface area contributed by atoms with E-state index in [1.165, 1.54) is 13.2 Å². The lowest BCUT2D eigenvalue weighted by Crippen LogP contribution is -2.05. The maximum absolute atomic E-state index is 11.3. The van der Waals surface area contributed by atoms with Gasteiger partial charge in [0.2, 0.25) is 0 Å². The Morgan fingerprint density at radius 1 is 1.44 bits per heavy atom. The molecule has 6 heteroatoms. The van der Waals surface area contributed by atoms with E-state index in [1.807, 2.05) is 0 Å². The molecule has 4 nitrogen and oxygen atoms in total. The highest BCUT2D eigenvalue weighted by Gasteiger charge is 2.13. The number of carbonyl (C=O) groups is 1. The van der Waals surface area contributed by atoms with Crippen molar-refractivity contribution < 1.29 is 17.9 Å². The van der Waals surface area contributed by atoms with Gasteiger partial charge in [0.25, 0.3) is 0 Å². The van der Waals surface area contributed by atoms with Crippen LogP contribution < -0.4 is 0 Å². The van der Waals surface area contributed by atoms with Gasteiger partial charge in [-0.1, -0.05) is 6.07 Å². The number of carbonyl (C=O) groups excluding carboxylic acids is 1. The lowest BCUT2D eigenvalue weighted by atomic mass is 10.1. The number of hydrogen-bond donors (Lipinski definition) is 0. The first kappa shape index (κ1) is 13.2. The van der Waals surface area contributed by atoms with Crippen LogP contribution in [0, 0.1) is 0 Å². The molecule has 0 saturated carbocycles. The highest BCUT2D eigenvalue weighted by atomic mass is 79.9. The van der Waals surface area contributed by atoms with Crippen molar-refractivity contribution in [3.05, 3.63) is 28.2 Å². The minimum atomic E-state index is -3.25. The van der Waals surface area contributed by atoms with E-state index >= 15 is 0 Å². The molecule has 16 heavy (non-hydrogen) atoms. The number of halogens is 1. The topological polar surface area (TPSA) is 60.4 Å². The van der Waals surface area contributed by atoms with Crippen LogP contribution in [-0.4, -0.2) is 27.8 Å². The summed E-state index contributed by atoms with van der Waals surface area (Å²) in [6.07, 6.45) is 1.26.